The van der Waals surface area contributed by atoms with Crippen LogP contribution in [0.15, 0.2) is 22.7 Å². The van der Waals surface area contributed by atoms with E-state index in [9.17, 15) is 9.90 Å². The normalized spacial score (nSPS) is 18.7. The summed E-state index contributed by atoms with van der Waals surface area (Å²) in [6.07, 6.45) is 1.41. The molecule has 1 fully saturated rings. The Balaban J connectivity index is 2.12. The van der Waals surface area contributed by atoms with E-state index in [1.54, 1.807) is 0 Å². The first-order valence-electron chi connectivity index (χ1n) is 6.17. The van der Waals surface area contributed by atoms with Gasteiger partial charge in [0.25, 0.3) is 0 Å². The molecule has 0 saturated carbocycles. The smallest absolute Gasteiger partial charge is 0.309 e. The largest absolute Gasteiger partial charge is 0.481 e. The number of hydrogen-bond acceptors (Lipinski definition) is 2. The number of aliphatic carboxylic acids is 1. The summed E-state index contributed by atoms with van der Waals surface area (Å²) in [6, 6.07) is 6.23. The average molecular weight is 312 g/mol. The molecule has 3 nitrogen and oxygen atoms in total. The maximum Gasteiger partial charge on any atom is 0.309 e. The second kappa shape index (κ2) is 4.92. The summed E-state index contributed by atoms with van der Waals surface area (Å²) in [4.78, 5) is 13.5. The zero-order chi connectivity index (χ0) is 13.3. The van der Waals surface area contributed by atoms with Crippen LogP contribution in [0.1, 0.15) is 25.3 Å². The maximum absolute atomic E-state index is 11.2. The maximum atomic E-state index is 11.2. The van der Waals surface area contributed by atoms with Gasteiger partial charge in [0, 0.05) is 23.2 Å². The average Bonchev–Trinajstić information content (AvgIpc) is 2.31. The topological polar surface area (TPSA) is 40.5 Å². The highest BCUT2D eigenvalue weighted by molar-refractivity contribution is 9.10. The van der Waals surface area contributed by atoms with Crippen LogP contribution in [0.2, 0.25) is 0 Å². The summed E-state index contributed by atoms with van der Waals surface area (Å²) in [5, 5.41) is 9.22. The second-order valence-electron chi connectivity index (χ2n) is 5.28. The predicted molar refractivity (Wildman–Crippen MR) is 76.1 cm³/mol. The first kappa shape index (κ1) is 13.4. The Kier molecular flexibility index (Phi) is 3.66. The van der Waals surface area contributed by atoms with Crippen LogP contribution in [0.25, 0.3) is 0 Å². The number of rotatable bonds is 2. The Labute approximate surface area is 116 Å². The van der Waals surface area contributed by atoms with E-state index in [1.165, 1.54) is 11.3 Å². The first-order chi connectivity index (χ1) is 8.42. The van der Waals surface area contributed by atoms with Crippen molar-refractivity contribution >= 4 is 27.6 Å². The van der Waals surface area contributed by atoms with Gasteiger partial charge in [0.1, 0.15) is 0 Å². The minimum Gasteiger partial charge on any atom is -0.481 e. The molecule has 4 heteroatoms. The molecule has 0 unspecified atom stereocenters. The van der Waals surface area contributed by atoms with E-state index in [0.717, 1.165) is 17.6 Å². The molecule has 2 rings (SSSR count). The van der Waals surface area contributed by atoms with Gasteiger partial charge in [-0.25, -0.2) is 0 Å². The Morgan fingerprint density at radius 1 is 1.39 bits per heavy atom. The van der Waals surface area contributed by atoms with E-state index in [4.69, 9.17) is 0 Å². The van der Waals surface area contributed by atoms with Crippen molar-refractivity contribution < 1.29 is 9.90 Å². The zero-order valence-corrected chi connectivity index (χ0v) is 12.3. The molecular formula is C14H18BrNO2. The molecule has 0 radical (unpaired) electrons. The fourth-order valence-corrected chi connectivity index (χ4v) is 2.90. The minimum atomic E-state index is -0.672. The van der Waals surface area contributed by atoms with Crippen molar-refractivity contribution in [2.45, 2.75) is 26.7 Å². The molecule has 0 spiro atoms. The van der Waals surface area contributed by atoms with Crippen molar-refractivity contribution in [2.75, 3.05) is 18.0 Å². The fraction of sp³-hybridized carbons (Fsp3) is 0.500. The van der Waals surface area contributed by atoms with Gasteiger partial charge in [-0.15, -0.1) is 0 Å². The van der Waals surface area contributed by atoms with Gasteiger partial charge in [-0.1, -0.05) is 15.9 Å². The van der Waals surface area contributed by atoms with Crippen molar-refractivity contribution in [3.63, 3.8) is 0 Å². The summed E-state index contributed by atoms with van der Waals surface area (Å²) in [6.45, 7) is 5.56. The zero-order valence-electron chi connectivity index (χ0n) is 10.7. The van der Waals surface area contributed by atoms with Gasteiger partial charge in [-0.05, 0) is 50.5 Å². The number of aryl methyl sites for hydroxylation is 1. The predicted octanol–water partition coefficient (Wildman–Crippen LogP) is 3.45. The molecular weight excluding hydrogens is 294 g/mol. The lowest BCUT2D eigenvalue weighted by molar-refractivity contribution is -0.149. The Bertz CT molecular complexity index is 465. The van der Waals surface area contributed by atoms with Gasteiger partial charge in [-0.3, -0.25) is 4.79 Å². The monoisotopic (exact) mass is 311 g/mol. The molecule has 1 aliphatic rings. The number of anilines is 1. The molecule has 1 heterocycles. The molecule has 98 valence electrons. The van der Waals surface area contributed by atoms with Crippen LogP contribution in [0.4, 0.5) is 5.69 Å². The third-order valence-electron chi connectivity index (χ3n) is 3.88. The number of nitrogens with zero attached hydrogens (tertiary/aromatic N) is 1. The summed E-state index contributed by atoms with van der Waals surface area (Å²) < 4.78 is 1.08. The van der Waals surface area contributed by atoms with Crippen molar-refractivity contribution in [3.05, 3.63) is 28.2 Å². The number of piperidine rings is 1. The van der Waals surface area contributed by atoms with E-state index < -0.39 is 11.4 Å². The molecule has 0 aliphatic carbocycles. The Morgan fingerprint density at radius 3 is 2.50 bits per heavy atom. The Morgan fingerprint density at radius 2 is 2.00 bits per heavy atom. The van der Waals surface area contributed by atoms with E-state index in [2.05, 4.69) is 39.9 Å². The molecule has 1 aliphatic heterocycles. The lowest BCUT2D eigenvalue weighted by Gasteiger charge is -2.38. The van der Waals surface area contributed by atoms with Gasteiger partial charge >= 0.3 is 5.97 Å². The molecule has 18 heavy (non-hydrogen) atoms. The highest BCUT2D eigenvalue weighted by atomic mass is 79.9. The summed E-state index contributed by atoms with van der Waals surface area (Å²) >= 11 is 3.46. The summed E-state index contributed by atoms with van der Waals surface area (Å²) in [7, 11) is 0. The van der Waals surface area contributed by atoms with E-state index in [0.29, 0.717) is 12.8 Å². The number of halogens is 1. The van der Waals surface area contributed by atoms with Crippen LogP contribution in [0.3, 0.4) is 0 Å². The minimum absolute atomic E-state index is 0.556. The third kappa shape index (κ3) is 2.53. The Hall–Kier alpha value is -1.03. The van der Waals surface area contributed by atoms with Crippen molar-refractivity contribution in [1.82, 2.24) is 0 Å². The highest BCUT2D eigenvalue weighted by Gasteiger charge is 2.37. The number of benzene rings is 1. The van der Waals surface area contributed by atoms with E-state index in [-0.39, 0.29) is 0 Å². The third-order valence-corrected chi connectivity index (χ3v) is 4.38. The van der Waals surface area contributed by atoms with Crippen molar-refractivity contribution in [2.24, 2.45) is 5.41 Å². The molecule has 1 aromatic rings. The van der Waals surface area contributed by atoms with Crippen LogP contribution < -0.4 is 4.90 Å². The van der Waals surface area contributed by atoms with Crippen LogP contribution in [-0.2, 0) is 4.79 Å². The molecule has 0 bridgehead atoms. The van der Waals surface area contributed by atoms with E-state index >= 15 is 0 Å². The fourth-order valence-electron chi connectivity index (χ4n) is 2.43. The number of hydrogen-bond donors (Lipinski definition) is 1. The van der Waals surface area contributed by atoms with Crippen LogP contribution >= 0.6 is 15.9 Å². The van der Waals surface area contributed by atoms with Crippen molar-refractivity contribution in [3.8, 4) is 0 Å². The SMILES string of the molecule is Cc1cc(Br)ccc1N1CCC(C)(C(=O)O)CC1. The molecule has 0 amide bonds. The standard InChI is InChI=1S/C14H18BrNO2/c1-10-9-11(15)3-4-12(10)16-7-5-14(2,6-8-16)13(17)18/h3-4,9H,5-8H2,1-2H3,(H,17,18). The van der Waals surface area contributed by atoms with Crippen LogP contribution in [0.5, 0.6) is 0 Å². The molecule has 1 N–H and O–H groups in total. The summed E-state index contributed by atoms with van der Waals surface area (Å²) in [5.41, 5.74) is 1.88. The number of carboxylic acids is 1. The lowest BCUT2D eigenvalue weighted by Crippen LogP contribution is -2.42. The molecule has 0 atom stereocenters. The van der Waals surface area contributed by atoms with Gasteiger partial charge in [0.15, 0.2) is 0 Å². The highest BCUT2D eigenvalue weighted by Crippen LogP contribution is 2.34. The van der Waals surface area contributed by atoms with E-state index in [1.807, 2.05) is 13.0 Å². The summed E-state index contributed by atoms with van der Waals surface area (Å²) in [5.74, 6) is -0.672. The van der Waals surface area contributed by atoms with Gasteiger partial charge in [-0.2, -0.15) is 0 Å². The molecule has 1 saturated heterocycles. The van der Waals surface area contributed by atoms with Crippen molar-refractivity contribution in [1.29, 1.82) is 0 Å². The second-order valence-corrected chi connectivity index (χ2v) is 6.20. The first-order valence-corrected chi connectivity index (χ1v) is 6.96. The quantitative estimate of drug-likeness (QED) is 0.909. The molecule has 1 aromatic carbocycles. The van der Waals surface area contributed by atoms with Gasteiger partial charge in [0.2, 0.25) is 0 Å². The number of carbonyl (C=O) groups is 1. The number of carboxylic acid groups (broad SMARTS) is 1. The van der Waals surface area contributed by atoms with Crippen LogP contribution in [-0.4, -0.2) is 24.2 Å². The molecule has 0 aromatic heterocycles. The lowest BCUT2D eigenvalue weighted by atomic mass is 9.80. The van der Waals surface area contributed by atoms with Gasteiger partial charge < -0.3 is 10.0 Å². The van der Waals surface area contributed by atoms with Gasteiger partial charge in [0.05, 0.1) is 5.41 Å². The van der Waals surface area contributed by atoms with Crippen LogP contribution in [0, 0.1) is 12.3 Å².